The molecule has 0 rings (SSSR count). The van der Waals surface area contributed by atoms with Crippen molar-refractivity contribution < 1.29 is 32.9 Å². The smallest absolute Gasteiger partial charge is 0.268 e. The fraction of sp³-hybridized carbons (Fsp3) is 0.740. The van der Waals surface area contributed by atoms with Gasteiger partial charge in [0.2, 0.25) is 5.91 Å². The van der Waals surface area contributed by atoms with Crippen molar-refractivity contribution in [2.45, 2.75) is 199 Å². The van der Waals surface area contributed by atoms with Crippen molar-refractivity contribution in [1.29, 1.82) is 0 Å². The van der Waals surface area contributed by atoms with E-state index >= 15 is 0 Å². The number of aliphatic hydroxyl groups is 1. The van der Waals surface area contributed by atoms with Gasteiger partial charge in [0.05, 0.1) is 39.9 Å². The minimum absolute atomic E-state index is 0.00958. The first kappa shape index (κ1) is 56.9. The molecule has 0 aromatic rings. The van der Waals surface area contributed by atoms with Crippen LogP contribution in [0.15, 0.2) is 72.9 Å². The minimum atomic E-state index is -4.60. The van der Waals surface area contributed by atoms with Crippen molar-refractivity contribution in [3.05, 3.63) is 72.9 Å². The van der Waals surface area contributed by atoms with E-state index in [0.717, 1.165) is 64.2 Å². The lowest BCUT2D eigenvalue weighted by Crippen LogP contribution is -2.45. The number of carbonyl (C=O) groups excluding carboxylic acids is 1. The van der Waals surface area contributed by atoms with Gasteiger partial charge in [0.15, 0.2) is 0 Å². The number of allylic oxidation sites excluding steroid dienone is 11. The van der Waals surface area contributed by atoms with E-state index in [1.54, 1.807) is 6.08 Å². The molecule has 0 fully saturated rings. The number of phosphoric ester groups is 1. The summed E-state index contributed by atoms with van der Waals surface area (Å²) in [5.41, 5.74) is 0. The van der Waals surface area contributed by atoms with E-state index in [2.05, 4.69) is 79.9 Å². The van der Waals surface area contributed by atoms with Crippen LogP contribution in [0.2, 0.25) is 0 Å². The number of quaternary nitrogens is 1. The first-order valence-corrected chi connectivity index (χ1v) is 25.3. The molecule has 0 heterocycles. The van der Waals surface area contributed by atoms with Gasteiger partial charge in [-0.3, -0.25) is 9.36 Å². The average Bonchev–Trinajstić information content (AvgIpc) is 3.19. The van der Waals surface area contributed by atoms with E-state index in [1.807, 2.05) is 27.2 Å². The topological polar surface area (TPSA) is 108 Å². The van der Waals surface area contributed by atoms with Gasteiger partial charge in [0, 0.05) is 6.42 Å². The number of phosphoric acid groups is 1. The number of hydrogen-bond acceptors (Lipinski definition) is 6. The molecular formula is C50H91N2O6P. The summed E-state index contributed by atoms with van der Waals surface area (Å²) in [4.78, 5) is 25.3. The van der Waals surface area contributed by atoms with Crippen molar-refractivity contribution in [1.82, 2.24) is 5.32 Å². The molecule has 1 amide bonds. The summed E-state index contributed by atoms with van der Waals surface area (Å²) < 4.78 is 23.2. The predicted molar refractivity (Wildman–Crippen MR) is 251 cm³/mol. The van der Waals surface area contributed by atoms with Crippen LogP contribution in [0.3, 0.4) is 0 Å². The Balaban J connectivity index is 4.27. The summed E-state index contributed by atoms with van der Waals surface area (Å²) in [6.45, 7) is 4.48. The zero-order valence-electron chi connectivity index (χ0n) is 38.7. The van der Waals surface area contributed by atoms with Crippen LogP contribution in [0.5, 0.6) is 0 Å². The molecule has 8 nitrogen and oxygen atoms in total. The maximum absolute atomic E-state index is 12.9. The molecule has 0 aliphatic heterocycles. The van der Waals surface area contributed by atoms with Gasteiger partial charge in [-0.2, -0.15) is 0 Å². The Hall–Kier alpha value is -2.06. The molecule has 0 radical (unpaired) electrons. The molecule has 2 N–H and O–H groups in total. The molecule has 0 saturated heterocycles. The largest absolute Gasteiger partial charge is 0.756 e. The molecule has 3 atom stereocenters. The summed E-state index contributed by atoms with van der Waals surface area (Å²) in [6, 6.07) is -0.906. The van der Waals surface area contributed by atoms with Gasteiger partial charge in [-0.15, -0.1) is 0 Å². The number of nitrogens with zero attached hydrogens (tertiary/aromatic N) is 1. The Labute approximate surface area is 364 Å². The van der Waals surface area contributed by atoms with E-state index in [-0.39, 0.29) is 12.5 Å². The minimum Gasteiger partial charge on any atom is -0.756 e. The first-order valence-electron chi connectivity index (χ1n) is 23.8. The molecule has 3 unspecified atom stereocenters. The Morgan fingerprint density at radius 2 is 1.05 bits per heavy atom. The maximum Gasteiger partial charge on any atom is 0.268 e. The number of carbonyl (C=O) groups is 1. The number of hydrogen-bond donors (Lipinski definition) is 2. The van der Waals surface area contributed by atoms with Gasteiger partial charge in [-0.05, 0) is 70.6 Å². The van der Waals surface area contributed by atoms with E-state index in [4.69, 9.17) is 9.05 Å². The van der Waals surface area contributed by atoms with Crippen LogP contribution in [0.4, 0.5) is 0 Å². The molecule has 0 saturated carbocycles. The average molecular weight is 847 g/mol. The van der Waals surface area contributed by atoms with Crippen LogP contribution < -0.4 is 10.2 Å². The first-order chi connectivity index (χ1) is 28.5. The van der Waals surface area contributed by atoms with Crippen LogP contribution in [-0.4, -0.2) is 68.5 Å². The molecular weight excluding hydrogens is 756 g/mol. The van der Waals surface area contributed by atoms with Crippen molar-refractivity contribution in [3.8, 4) is 0 Å². The second-order valence-electron chi connectivity index (χ2n) is 17.1. The molecule has 0 aliphatic carbocycles. The maximum atomic E-state index is 12.9. The van der Waals surface area contributed by atoms with Crippen molar-refractivity contribution >= 4 is 13.7 Å². The Bertz CT molecular complexity index is 1190. The third kappa shape index (κ3) is 43.8. The fourth-order valence-electron chi connectivity index (χ4n) is 6.39. The quantitative estimate of drug-likeness (QED) is 0.0274. The number of nitrogens with one attached hydrogen (secondary N) is 1. The second-order valence-corrected chi connectivity index (χ2v) is 18.5. The number of likely N-dealkylation sites (N-methyl/N-ethyl adjacent to an activating group) is 1. The zero-order chi connectivity index (χ0) is 43.6. The molecule has 9 heteroatoms. The van der Waals surface area contributed by atoms with Gasteiger partial charge < -0.3 is 28.8 Å². The standard InChI is InChI=1S/C50H91N2O6P/c1-6-8-10-12-14-16-18-20-21-22-23-24-25-26-27-28-29-30-31-32-34-36-38-40-42-44-50(54)51-48(47-58-59(55,56)57-46-45-52(3,4)5)49(53)43-41-39-37-35-33-19-17-15-13-11-9-7-2/h8,10,14,16,20-21,23-24,33,35,41,43,48-49,53H,6-7,9,11-13,15,17-19,22,25-32,34,36-40,42,44-47H2,1-5H3,(H-,51,54,55,56)/b10-8-,16-14-,21-20-,24-23-,35-33+,43-41+. The molecule has 59 heavy (non-hydrogen) atoms. The molecule has 342 valence electrons. The summed E-state index contributed by atoms with van der Waals surface area (Å²) in [7, 11) is 1.23. The molecule has 0 spiro atoms. The van der Waals surface area contributed by atoms with Crippen LogP contribution in [0.1, 0.15) is 187 Å². The monoisotopic (exact) mass is 847 g/mol. The van der Waals surface area contributed by atoms with Crippen LogP contribution in [0.25, 0.3) is 0 Å². The van der Waals surface area contributed by atoms with Crippen molar-refractivity contribution in [2.24, 2.45) is 0 Å². The molecule has 0 bridgehead atoms. The third-order valence-electron chi connectivity index (χ3n) is 10.2. The van der Waals surface area contributed by atoms with Gasteiger partial charge >= 0.3 is 0 Å². The van der Waals surface area contributed by atoms with E-state index < -0.39 is 26.6 Å². The van der Waals surface area contributed by atoms with Crippen LogP contribution in [0, 0.1) is 0 Å². The fourth-order valence-corrected chi connectivity index (χ4v) is 7.12. The number of amides is 1. The lowest BCUT2D eigenvalue weighted by Gasteiger charge is -2.29. The van der Waals surface area contributed by atoms with Gasteiger partial charge in [-0.25, -0.2) is 0 Å². The van der Waals surface area contributed by atoms with Gasteiger partial charge in [0.1, 0.15) is 13.2 Å². The lowest BCUT2D eigenvalue weighted by atomic mass is 10.0. The summed E-state index contributed by atoms with van der Waals surface area (Å²) in [6.07, 6.45) is 55.3. The van der Waals surface area contributed by atoms with Crippen molar-refractivity contribution in [2.75, 3.05) is 40.9 Å². The van der Waals surface area contributed by atoms with E-state index in [9.17, 15) is 19.4 Å². The number of rotatable bonds is 42. The number of aliphatic hydroxyl groups excluding tert-OH is 1. The third-order valence-corrected chi connectivity index (χ3v) is 11.1. The second kappa shape index (κ2) is 41.3. The van der Waals surface area contributed by atoms with Crippen molar-refractivity contribution in [3.63, 3.8) is 0 Å². The zero-order valence-corrected chi connectivity index (χ0v) is 39.6. The lowest BCUT2D eigenvalue weighted by molar-refractivity contribution is -0.870. The summed E-state index contributed by atoms with van der Waals surface area (Å²) >= 11 is 0. The van der Waals surface area contributed by atoms with Gasteiger partial charge in [0.25, 0.3) is 7.82 Å². The van der Waals surface area contributed by atoms with Gasteiger partial charge in [-0.1, -0.05) is 183 Å². The number of unbranched alkanes of at least 4 members (excludes halogenated alkanes) is 19. The molecule has 0 aliphatic rings. The Kier molecular flexibility index (Phi) is 39.9. The predicted octanol–water partition coefficient (Wildman–Crippen LogP) is 12.9. The van der Waals surface area contributed by atoms with Crippen LogP contribution >= 0.6 is 7.82 Å². The molecule has 0 aromatic carbocycles. The summed E-state index contributed by atoms with van der Waals surface area (Å²) in [5.74, 6) is -0.214. The SMILES string of the molecule is CC/C=C\C/C=C\C/C=C\C/C=C\CCCCCCCCCCCCCCC(=O)NC(COP(=O)([O-])OCC[N+](C)(C)C)C(O)/C=C/CC/C=C/CCCCCCCC. The van der Waals surface area contributed by atoms with E-state index in [1.165, 1.54) is 103 Å². The highest BCUT2D eigenvalue weighted by molar-refractivity contribution is 7.45. The highest BCUT2D eigenvalue weighted by Gasteiger charge is 2.23. The molecule has 0 aromatic heterocycles. The van der Waals surface area contributed by atoms with Crippen LogP contribution in [-0.2, 0) is 18.4 Å². The summed E-state index contributed by atoms with van der Waals surface area (Å²) in [5, 5.41) is 13.7. The Morgan fingerprint density at radius 3 is 1.58 bits per heavy atom. The highest BCUT2D eigenvalue weighted by Crippen LogP contribution is 2.38. The normalized spacial score (nSPS) is 14.9. The van der Waals surface area contributed by atoms with E-state index in [0.29, 0.717) is 17.4 Å². The Morgan fingerprint density at radius 1 is 0.610 bits per heavy atom. The highest BCUT2D eigenvalue weighted by atomic mass is 31.2.